The van der Waals surface area contributed by atoms with Crippen LogP contribution in [-0.2, 0) is 11.2 Å². The van der Waals surface area contributed by atoms with Crippen LogP contribution in [0.25, 0.3) is 0 Å². The van der Waals surface area contributed by atoms with Gasteiger partial charge in [-0.3, -0.25) is 0 Å². The van der Waals surface area contributed by atoms with Crippen molar-refractivity contribution in [3.05, 3.63) is 47.5 Å². The number of methoxy groups -OCH3 is 1. The van der Waals surface area contributed by atoms with Gasteiger partial charge in [0.25, 0.3) is 0 Å². The van der Waals surface area contributed by atoms with Crippen molar-refractivity contribution in [1.82, 2.24) is 0 Å². The summed E-state index contributed by atoms with van der Waals surface area (Å²) < 4.78 is 5.41. The molecule has 68 valence electrons. The smallest absolute Gasteiger partial charge is 0.101 e. The Morgan fingerprint density at radius 1 is 1.31 bits per heavy atom. The molecule has 1 aromatic rings. The van der Waals surface area contributed by atoms with Crippen molar-refractivity contribution in [3.8, 4) is 0 Å². The highest BCUT2D eigenvalue weighted by molar-refractivity contribution is 5.33. The first-order chi connectivity index (χ1) is 6.42. The third-order valence-electron chi connectivity index (χ3n) is 2.51. The number of allylic oxidation sites excluding steroid dienone is 1. The first kappa shape index (κ1) is 8.52. The molecule has 1 heteroatoms. The van der Waals surface area contributed by atoms with E-state index in [0.29, 0.717) is 0 Å². The van der Waals surface area contributed by atoms with E-state index in [0.717, 1.165) is 12.8 Å². The summed E-state index contributed by atoms with van der Waals surface area (Å²) in [6.07, 6.45) is 6.75. The van der Waals surface area contributed by atoms with Crippen molar-refractivity contribution in [3.63, 3.8) is 0 Å². The Bertz CT molecular complexity index is 315. The van der Waals surface area contributed by atoms with Crippen LogP contribution in [0.2, 0.25) is 0 Å². The van der Waals surface area contributed by atoms with Gasteiger partial charge >= 0.3 is 0 Å². The Kier molecular flexibility index (Phi) is 2.46. The molecule has 0 bridgehead atoms. The highest BCUT2D eigenvalue weighted by atomic mass is 16.5. The van der Waals surface area contributed by atoms with Gasteiger partial charge < -0.3 is 4.74 Å². The third-order valence-corrected chi connectivity index (χ3v) is 2.51. The Morgan fingerprint density at radius 3 is 3.00 bits per heavy atom. The van der Waals surface area contributed by atoms with E-state index in [1.54, 1.807) is 7.11 Å². The number of fused-ring (bicyclic) bond motifs is 1. The fourth-order valence-electron chi connectivity index (χ4n) is 1.81. The lowest BCUT2D eigenvalue weighted by molar-refractivity contribution is 0.142. The normalized spacial score (nSPS) is 20.8. The molecule has 0 saturated heterocycles. The van der Waals surface area contributed by atoms with Crippen LogP contribution in [0.15, 0.2) is 36.4 Å². The van der Waals surface area contributed by atoms with Crippen LogP contribution in [0.1, 0.15) is 23.7 Å². The molecule has 0 aromatic heterocycles. The maximum absolute atomic E-state index is 5.41. The number of rotatable bonds is 1. The monoisotopic (exact) mass is 174 g/mol. The molecule has 0 fully saturated rings. The molecule has 0 heterocycles. The van der Waals surface area contributed by atoms with Gasteiger partial charge in [0, 0.05) is 7.11 Å². The van der Waals surface area contributed by atoms with Gasteiger partial charge in [0.15, 0.2) is 0 Å². The molecule has 0 radical (unpaired) electrons. The summed E-state index contributed by atoms with van der Waals surface area (Å²) in [6.45, 7) is 0. The van der Waals surface area contributed by atoms with E-state index in [9.17, 15) is 0 Å². The second-order valence-corrected chi connectivity index (χ2v) is 3.32. The number of hydrogen-bond acceptors (Lipinski definition) is 1. The summed E-state index contributed by atoms with van der Waals surface area (Å²) in [6, 6.07) is 8.51. The van der Waals surface area contributed by atoms with E-state index >= 15 is 0 Å². The molecule has 0 amide bonds. The first-order valence-corrected chi connectivity index (χ1v) is 4.69. The summed E-state index contributed by atoms with van der Waals surface area (Å²) in [5.74, 6) is 0. The first-order valence-electron chi connectivity index (χ1n) is 4.69. The fraction of sp³-hybridized carbons (Fsp3) is 0.333. The third kappa shape index (κ3) is 1.65. The van der Waals surface area contributed by atoms with Crippen molar-refractivity contribution in [2.75, 3.05) is 7.11 Å². The summed E-state index contributed by atoms with van der Waals surface area (Å²) in [5, 5.41) is 0. The van der Waals surface area contributed by atoms with E-state index < -0.39 is 0 Å². The van der Waals surface area contributed by atoms with Gasteiger partial charge in [-0.1, -0.05) is 36.4 Å². The molecule has 0 N–H and O–H groups in total. The Labute approximate surface area is 79.0 Å². The van der Waals surface area contributed by atoms with E-state index in [1.165, 1.54) is 11.1 Å². The lowest BCUT2D eigenvalue weighted by atomic mass is 10.0. The van der Waals surface area contributed by atoms with Crippen LogP contribution in [0.4, 0.5) is 0 Å². The van der Waals surface area contributed by atoms with Gasteiger partial charge in [0.1, 0.15) is 6.10 Å². The van der Waals surface area contributed by atoms with Gasteiger partial charge in [0.2, 0.25) is 0 Å². The quantitative estimate of drug-likeness (QED) is 0.595. The summed E-state index contributed by atoms with van der Waals surface area (Å²) >= 11 is 0. The van der Waals surface area contributed by atoms with Gasteiger partial charge in [-0.2, -0.15) is 0 Å². The molecular formula is C12H14O. The topological polar surface area (TPSA) is 9.23 Å². The largest absolute Gasteiger partial charge is 0.373 e. The lowest BCUT2D eigenvalue weighted by Gasteiger charge is -2.13. The minimum Gasteiger partial charge on any atom is -0.373 e. The zero-order chi connectivity index (χ0) is 9.10. The summed E-state index contributed by atoms with van der Waals surface area (Å²) in [7, 11) is 1.76. The minimum absolute atomic E-state index is 0.152. The summed E-state index contributed by atoms with van der Waals surface area (Å²) in [5.41, 5.74) is 2.73. The Hall–Kier alpha value is -1.08. The molecule has 2 rings (SSSR count). The predicted molar refractivity (Wildman–Crippen MR) is 53.7 cm³/mol. The van der Waals surface area contributed by atoms with Crippen molar-refractivity contribution in [2.45, 2.75) is 18.9 Å². The second-order valence-electron chi connectivity index (χ2n) is 3.32. The molecule has 13 heavy (non-hydrogen) atoms. The van der Waals surface area contributed by atoms with Gasteiger partial charge in [-0.15, -0.1) is 0 Å². The Morgan fingerprint density at radius 2 is 2.15 bits per heavy atom. The predicted octanol–water partition coefficient (Wildman–Crippen LogP) is 2.88. The molecular weight excluding hydrogens is 160 g/mol. The number of hydrogen-bond donors (Lipinski definition) is 0. The standard InChI is InChI=1S/C12H14O/c1-13-12-9-5-3-7-10-6-2-4-8-11(10)12/h2,4-6,8-9,12H,3,7H2,1H3. The lowest BCUT2D eigenvalue weighted by Crippen LogP contribution is -1.99. The van der Waals surface area contributed by atoms with E-state index in [2.05, 4.69) is 36.4 Å². The zero-order valence-electron chi connectivity index (χ0n) is 7.86. The molecule has 0 saturated carbocycles. The van der Waals surface area contributed by atoms with Crippen LogP contribution in [0.5, 0.6) is 0 Å². The molecule has 0 spiro atoms. The van der Waals surface area contributed by atoms with E-state index in [4.69, 9.17) is 4.74 Å². The maximum atomic E-state index is 5.41. The molecule has 1 atom stereocenters. The van der Waals surface area contributed by atoms with E-state index in [1.807, 2.05) is 0 Å². The van der Waals surface area contributed by atoms with Crippen LogP contribution in [0, 0.1) is 0 Å². The summed E-state index contributed by atoms with van der Waals surface area (Å²) in [4.78, 5) is 0. The van der Waals surface area contributed by atoms with Crippen molar-refractivity contribution < 1.29 is 4.74 Å². The van der Waals surface area contributed by atoms with Gasteiger partial charge in [-0.25, -0.2) is 0 Å². The molecule has 1 unspecified atom stereocenters. The fourth-order valence-corrected chi connectivity index (χ4v) is 1.81. The zero-order valence-corrected chi connectivity index (χ0v) is 7.86. The highest BCUT2D eigenvalue weighted by Crippen LogP contribution is 2.26. The number of aryl methyl sites for hydroxylation is 1. The molecule has 1 aromatic carbocycles. The number of ether oxygens (including phenoxy) is 1. The molecule has 1 aliphatic carbocycles. The van der Waals surface area contributed by atoms with Crippen molar-refractivity contribution in [2.24, 2.45) is 0 Å². The second kappa shape index (κ2) is 3.75. The van der Waals surface area contributed by atoms with Gasteiger partial charge in [0.05, 0.1) is 0 Å². The molecule has 1 aliphatic rings. The molecule has 1 nitrogen and oxygen atoms in total. The average molecular weight is 174 g/mol. The van der Waals surface area contributed by atoms with Crippen LogP contribution >= 0.6 is 0 Å². The SMILES string of the molecule is COC1C=CCCc2ccccc21. The molecule has 0 aliphatic heterocycles. The van der Waals surface area contributed by atoms with E-state index in [-0.39, 0.29) is 6.10 Å². The van der Waals surface area contributed by atoms with Crippen LogP contribution in [-0.4, -0.2) is 7.11 Å². The minimum atomic E-state index is 0.152. The van der Waals surface area contributed by atoms with Crippen LogP contribution < -0.4 is 0 Å². The average Bonchev–Trinajstić information content (AvgIpc) is 2.39. The van der Waals surface area contributed by atoms with Gasteiger partial charge in [-0.05, 0) is 24.0 Å². The van der Waals surface area contributed by atoms with Crippen molar-refractivity contribution in [1.29, 1.82) is 0 Å². The maximum Gasteiger partial charge on any atom is 0.101 e. The van der Waals surface area contributed by atoms with Crippen molar-refractivity contribution >= 4 is 0 Å². The Balaban J connectivity index is 2.42. The van der Waals surface area contributed by atoms with Crippen LogP contribution in [0.3, 0.4) is 0 Å². The highest BCUT2D eigenvalue weighted by Gasteiger charge is 2.12. The number of benzene rings is 1.